The molecule has 27 heavy (non-hydrogen) atoms. The number of amides is 1. The van der Waals surface area contributed by atoms with Crippen LogP contribution in [0, 0.1) is 5.92 Å². The van der Waals surface area contributed by atoms with Crippen molar-refractivity contribution in [3.8, 4) is 0 Å². The summed E-state index contributed by atoms with van der Waals surface area (Å²) in [5, 5.41) is 7.48. The lowest BCUT2D eigenvalue weighted by molar-refractivity contribution is 0.0955. The third-order valence-electron chi connectivity index (χ3n) is 5.49. The maximum absolute atomic E-state index is 12.4. The molecule has 1 aliphatic carbocycles. The molecule has 1 N–H and O–H groups in total. The summed E-state index contributed by atoms with van der Waals surface area (Å²) in [5.74, 6) is 0.570. The van der Waals surface area contributed by atoms with Gasteiger partial charge in [-0.1, -0.05) is 44.2 Å². The number of hydrogen-bond acceptors (Lipinski definition) is 3. The van der Waals surface area contributed by atoms with E-state index in [1.165, 1.54) is 11.3 Å². The fourth-order valence-electron chi connectivity index (χ4n) is 4.14. The number of benzene rings is 1. The number of nitrogens with one attached hydrogen (secondary N) is 1. The normalized spacial score (nSPS) is 16.6. The van der Waals surface area contributed by atoms with Gasteiger partial charge in [0.1, 0.15) is 0 Å². The molecule has 2 aromatic rings. The van der Waals surface area contributed by atoms with Crippen molar-refractivity contribution < 1.29 is 4.79 Å². The van der Waals surface area contributed by atoms with Gasteiger partial charge in [-0.25, -0.2) is 0 Å². The topological polar surface area (TPSA) is 50.2 Å². The Balaban J connectivity index is 1.81. The quantitative estimate of drug-likeness (QED) is 0.817. The highest BCUT2D eigenvalue weighted by molar-refractivity contribution is 5.93. The Kier molecular flexibility index (Phi) is 6.32. The zero-order valence-corrected chi connectivity index (χ0v) is 17.0. The molecule has 0 bridgehead atoms. The van der Waals surface area contributed by atoms with Gasteiger partial charge in [0.25, 0.3) is 5.91 Å². The first-order valence-electron chi connectivity index (χ1n) is 10.0. The van der Waals surface area contributed by atoms with Crippen molar-refractivity contribution in [2.24, 2.45) is 5.92 Å². The van der Waals surface area contributed by atoms with Gasteiger partial charge in [0.2, 0.25) is 0 Å². The van der Waals surface area contributed by atoms with E-state index in [-0.39, 0.29) is 5.91 Å². The van der Waals surface area contributed by atoms with Crippen molar-refractivity contribution in [1.29, 1.82) is 0 Å². The molecule has 1 aromatic carbocycles. The zero-order chi connectivity index (χ0) is 19.4. The lowest BCUT2D eigenvalue weighted by Crippen LogP contribution is -2.39. The van der Waals surface area contributed by atoms with Crippen LogP contribution in [-0.2, 0) is 25.8 Å². The third kappa shape index (κ3) is 4.59. The van der Waals surface area contributed by atoms with E-state index in [0.717, 1.165) is 44.3 Å². The van der Waals surface area contributed by atoms with Crippen LogP contribution in [-0.4, -0.2) is 47.3 Å². The fourth-order valence-corrected chi connectivity index (χ4v) is 4.14. The molecular weight excluding hydrogens is 336 g/mol. The first-order chi connectivity index (χ1) is 13.0. The van der Waals surface area contributed by atoms with Crippen LogP contribution in [0.3, 0.4) is 0 Å². The Morgan fingerprint density at radius 1 is 1.33 bits per heavy atom. The molecule has 5 nitrogen and oxygen atoms in total. The Hall–Kier alpha value is -2.14. The summed E-state index contributed by atoms with van der Waals surface area (Å²) < 4.78 is 2.07. The maximum Gasteiger partial charge on any atom is 0.271 e. The average molecular weight is 369 g/mol. The van der Waals surface area contributed by atoms with Crippen LogP contribution in [0.2, 0.25) is 0 Å². The number of rotatable bonds is 7. The number of aryl methyl sites for hydroxylation is 2. The molecule has 0 aliphatic heterocycles. The number of carbonyl (C=O) groups is 1. The van der Waals surface area contributed by atoms with Crippen LogP contribution in [0.1, 0.15) is 47.6 Å². The number of fused-ring (bicyclic) bond motifs is 1. The number of carbonyl (C=O) groups excluding carboxylic acids is 1. The fraction of sp³-hybridized carbons (Fsp3) is 0.545. The van der Waals surface area contributed by atoms with Gasteiger partial charge < -0.3 is 10.2 Å². The van der Waals surface area contributed by atoms with Crippen molar-refractivity contribution in [2.75, 3.05) is 20.6 Å². The molecule has 3 rings (SSSR count). The second-order valence-electron chi connectivity index (χ2n) is 8.04. The molecule has 1 aliphatic rings. The first kappa shape index (κ1) is 19.6. The molecule has 5 heteroatoms. The number of aromatic nitrogens is 2. The van der Waals surface area contributed by atoms with E-state index in [1.807, 2.05) is 6.07 Å². The van der Waals surface area contributed by atoms with E-state index in [9.17, 15) is 4.79 Å². The summed E-state index contributed by atoms with van der Waals surface area (Å²) in [4.78, 5) is 14.9. The maximum atomic E-state index is 12.4. The molecule has 0 fully saturated rings. The van der Waals surface area contributed by atoms with E-state index < -0.39 is 0 Å². The Morgan fingerprint density at radius 3 is 2.74 bits per heavy atom. The van der Waals surface area contributed by atoms with Crippen LogP contribution in [0.15, 0.2) is 30.3 Å². The van der Waals surface area contributed by atoms with Crippen LogP contribution in [0.4, 0.5) is 0 Å². The van der Waals surface area contributed by atoms with Gasteiger partial charge in [-0.2, -0.15) is 5.10 Å². The minimum absolute atomic E-state index is 0.0723. The smallest absolute Gasteiger partial charge is 0.271 e. The molecule has 0 saturated carbocycles. The predicted octanol–water partition coefficient (Wildman–Crippen LogP) is 2.93. The lowest BCUT2D eigenvalue weighted by atomic mass is 9.90. The molecule has 146 valence electrons. The van der Waals surface area contributed by atoms with Crippen molar-refractivity contribution in [3.05, 3.63) is 52.8 Å². The summed E-state index contributed by atoms with van der Waals surface area (Å²) >= 11 is 0. The molecule has 1 aromatic heterocycles. The summed E-state index contributed by atoms with van der Waals surface area (Å²) in [6.07, 6.45) is 3.95. The van der Waals surface area contributed by atoms with Gasteiger partial charge in [0, 0.05) is 37.4 Å². The summed E-state index contributed by atoms with van der Waals surface area (Å²) in [7, 11) is 3.89. The molecule has 0 spiro atoms. The van der Waals surface area contributed by atoms with Crippen LogP contribution in [0.5, 0.6) is 0 Å². The third-order valence-corrected chi connectivity index (χ3v) is 5.49. The monoisotopic (exact) mass is 368 g/mol. The highest BCUT2D eigenvalue weighted by Crippen LogP contribution is 2.28. The van der Waals surface area contributed by atoms with Gasteiger partial charge in [-0.15, -0.1) is 0 Å². The first-order valence-corrected chi connectivity index (χ1v) is 10.0. The second-order valence-corrected chi connectivity index (χ2v) is 8.04. The lowest BCUT2D eigenvalue weighted by Gasteiger charge is -2.32. The molecule has 0 unspecified atom stereocenters. The van der Waals surface area contributed by atoms with Crippen molar-refractivity contribution >= 4 is 5.91 Å². The van der Waals surface area contributed by atoms with Crippen molar-refractivity contribution in [3.63, 3.8) is 0 Å². The van der Waals surface area contributed by atoms with Crippen LogP contribution >= 0.6 is 0 Å². The average Bonchev–Trinajstić information content (AvgIpc) is 3.04. The summed E-state index contributed by atoms with van der Waals surface area (Å²) in [6.45, 7) is 6.40. The Labute approximate surface area is 162 Å². The van der Waals surface area contributed by atoms with Gasteiger partial charge in [0.05, 0.1) is 0 Å². The molecule has 1 atom stereocenters. The van der Waals surface area contributed by atoms with Gasteiger partial charge in [0.15, 0.2) is 5.69 Å². The van der Waals surface area contributed by atoms with Gasteiger partial charge in [-0.05, 0) is 44.2 Å². The Morgan fingerprint density at radius 2 is 2.07 bits per heavy atom. The number of nitrogens with zero attached hydrogens (tertiary/aromatic N) is 3. The SMILES string of the molecule is CNC(=O)c1nn(CCc2ccccc2)c2c1C[C@@H](N(C)CC(C)C)CC2. The molecule has 0 saturated heterocycles. The highest BCUT2D eigenvalue weighted by atomic mass is 16.1. The summed E-state index contributed by atoms with van der Waals surface area (Å²) in [6, 6.07) is 10.9. The van der Waals surface area contributed by atoms with Gasteiger partial charge >= 0.3 is 0 Å². The molecule has 0 radical (unpaired) electrons. The minimum atomic E-state index is -0.0723. The van der Waals surface area contributed by atoms with Crippen molar-refractivity contribution in [2.45, 2.75) is 52.1 Å². The van der Waals surface area contributed by atoms with E-state index in [0.29, 0.717) is 17.7 Å². The number of hydrogen-bond donors (Lipinski definition) is 1. The molecule has 1 amide bonds. The summed E-state index contributed by atoms with van der Waals surface area (Å²) in [5.41, 5.74) is 4.31. The largest absolute Gasteiger partial charge is 0.354 e. The minimum Gasteiger partial charge on any atom is -0.354 e. The van der Waals surface area contributed by atoms with Gasteiger partial charge in [-0.3, -0.25) is 9.48 Å². The van der Waals surface area contributed by atoms with E-state index in [1.54, 1.807) is 7.05 Å². The van der Waals surface area contributed by atoms with Crippen LogP contribution in [0.25, 0.3) is 0 Å². The standard InChI is InChI=1S/C22H32N4O/c1-16(2)15-25(4)18-10-11-20-19(14-18)21(22(27)23-3)24-26(20)13-12-17-8-6-5-7-9-17/h5-9,16,18H,10-15H2,1-4H3,(H,23,27)/t18-/m0/s1. The van der Waals surface area contributed by atoms with Crippen LogP contribution < -0.4 is 5.32 Å². The van der Waals surface area contributed by atoms with E-state index in [2.05, 4.69) is 60.1 Å². The predicted molar refractivity (Wildman–Crippen MR) is 109 cm³/mol. The zero-order valence-electron chi connectivity index (χ0n) is 17.0. The Bertz CT molecular complexity index is 766. The molecule has 1 heterocycles. The van der Waals surface area contributed by atoms with E-state index in [4.69, 9.17) is 5.10 Å². The highest BCUT2D eigenvalue weighted by Gasteiger charge is 2.30. The molecular formula is C22H32N4O. The second kappa shape index (κ2) is 8.70. The number of likely N-dealkylation sites (N-methyl/N-ethyl adjacent to an activating group) is 1. The van der Waals surface area contributed by atoms with E-state index >= 15 is 0 Å². The van der Waals surface area contributed by atoms with Crippen molar-refractivity contribution in [1.82, 2.24) is 20.0 Å².